The molecule has 0 aliphatic carbocycles. The maximum absolute atomic E-state index is 11.0. The Kier molecular flexibility index (Phi) is 3.34. The second kappa shape index (κ2) is 4.92. The van der Waals surface area contributed by atoms with Crippen molar-refractivity contribution < 1.29 is 9.53 Å². The van der Waals surface area contributed by atoms with Crippen molar-refractivity contribution in [2.75, 3.05) is 7.11 Å². The van der Waals surface area contributed by atoms with Crippen LogP contribution in [0.15, 0.2) is 24.3 Å². The SMILES string of the molecule is COC(=O)Cn1nnc(-c2cccc(Cl)c2)n1. The molecule has 0 unspecified atom stereocenters. The Balaban J connectivity index is 2.21. The third-order valence-electron chi connectivity index (χ3n) is 2.03. The molecular weight excluding hydrogens is 244 g/mol. The van der Waals surface area contributed by atoms with Crippen LogP contribution < -0.4 is 0 Å². The lowest BCUT2D eigenvalue weighted by Crippen LogP contribution is -2.14. The first-order valence-corrected chi connectivity index (χ1v) is 5.17. The van der Waals surface area contributed by atoms with Gasteiger partial charge in [-0.05, 0) is 17.3 Å². The van der Waals surface area contributed by atoms with E-state index in [1.54, 1.807) is 18.2 Å². The molecule has 0 radical (unpaired) electrons. The van der Waals surface area contributed by atoms with Crippen LogP contribution >= 0.6 is 11.6 Å². The molecule has 2 rings (SSSR count). The van der Waals surface area contributed by atoms with Gasteiger partial charge in [0.2, 0.25) is 5.82 Å². The zero-order valence-corrected chi connectivity index (χ0v) is 9.76. The summed E-state index contributed by atoms with van der Waals surface area (Å²) in [5.41, 5.74) is 0.744. The summed E-state index contributed by atoms with van der Waals surface area (Å²) in [6, 6.07) is 7.08. The molecule has 88 valence electrons. The molecule has 0 bridgehead atoms. The predicted molar refractivity (Wildman–Crippen MR) is 60.3 cm³/mol. The highest BCUT2D eigenvalue weighted by atomic mass is 35.5. The number of hydrogen-bond donors (Lipinski definition) is 0. The van der Waals surface area contributed by atoms with Crippen LogP contribution in [0.25, 0.3) is 11.4 Å². The minimum absolute atomic E-state index is 0.0654. The number of ether oxygens (including phenoxy) is 1. The van der Waals surface area contributed by atoms with Crippen molar-refractivity contribution in [2.45, 2.75) is 6.54 Å². The molecule has 2 aromatic rings. The van der Waals surface area contributed by atoms with Crippen molar-refractivity contribution in [2.24, 2.45) is 0 Å². The van der Waals surface area contributed by atoms with Gasteiger partial charge in [0.05, 0.1) is 7.11 Å². The molecule has 0 spiro atoms. The van der Waals surface area contributed by atoms with E-state index in [1.807, 2.05) is 6.07 Å². The van der Waals surface area contributed by atoms with Gasteiger partial charge in [0, 0.05) is 10.6 Å². The second-order valence-corrected chi connectivity index (χ2v) is 3.67. The summed E-state index contributed by atoms with van der Waals surface area (Å²) in [6.07, 6.45) is 0. The Morgan fingerprint density at radius 3 is 3.06 bits per heavy atom. The number of hydrogen-bond acceptors (Lipinski definition) is 5. The van der Waals surface area contributed by atoms with Gasteiger partial charge in [-0.15, -0.1) is 10.2 Å². The number of aromatic nitrogens is 4. The van der Waals surface area contributed by atoms with Crippen LogP contribution in [0.3, 0.4) is 0 Å². The number of tetrazole rings is 1. The number of esters is 1. The van der Waals surface area contributed by atoms with Gasteiger partial charge in [-0.3, -0.25) is 0 Å². The highest BCUT2D eigenvalue weighted by Gasteiger charge is 2.09. The first-order valence-electron chi connectivity index (χ1n) is 4.79. The van der Waals surface area contributed by atoms with E-state index in [1.165, 1.54) is 11.9 Å². The smallest absolute Gasteiger partial charge is 0.329 e. The summed E-state index contributed by atoms with van der Waals surface area (Å²) < 4.78 is 4.50. The molecule has 7 heteroatoms. The molecular formula is C10H9ClN4O2. The molecule has 0 atom stereocenters. The van der Waals surface area contributed by atoms with Crippen LogP contribution in [0.4, 0.5) is 0 Å². The predicted octanol–water partition coefficient (Wildman–Crippen LogP) is 1.17. The normalized spacial score (nSPS) is 10.2. The van der Waals surface area contributed by atoms with Crippen molar-refractivity contribution in [1.82, 2.24) is 20.2 Å². The van der Waals surface area contributed by atoms with Crippen LogP contribution in [-0.4, -0.2) is 33.3 Å². The lowest BCUT2D eigenvalue weighted by atomic mass is 10.2. The van der Waals surface area contributed by atoms with Gasteiger partial charge in [-0.2, -0.15) is 4.80 Å². The number of methoxy groups -OCH3 is 1. The van der Waals surface area contributed by atoms with Crippen molar-refractivity contribution in [3.8, 4) is 11.4 Å². The van der Waals surface area contributed by atoms with Crippen molar-refractivity contribution >= 4 is 17.6 Å². The molecule has 0 aliphatic heterocycles. The summed E-state index contributed by atoms with van der Waals surface area (Å²) in [5.74, 6) is -0.0172. The maximum Gasteiger partial charge on any atom is 0.329 e. The van der Waals surface area contributed by atoms with Crippen LogP contribution in [0, 0.1) is 0 Å². The average Bonchev–Trinajstić information content (AvgIpc) is 2.77. The largest absolute Gasteiger partial charge is 0.468 e. The third kappa shape index (κ3) is 2.79. The zero-order chi connectivity index (χ0) is 12.3. The molecule has 0 saturated carbocycles. The molecule has 1 aromatic carbocycles. The minimum atomic E-state index is -0.431. The van der Waals surface area contributed by atoms with E-state index >= 15 is 0 Å². The molecule has 0 saturated heterocycles. The first-order chi connectivity index (χ1) is 8.19. The number of carbonyl (C=O) groups excluding carboxylic acids is 1. The summed E-state index contributed by atoms with van der Waals surface area (Å²) in [4.78, 5) is 12.2. The van der Waals surface area contributed by atoms with Gasteiger partial charge in [0.15, 0.2) is 6.54 Å². The Hall–Kier alpha value is -1.95. The summed E-state index contributed by atoms with van der Waals surface area (Å²) in [7, 11) is 1.30. The van der Waals surface area contributed by atoms with Crippen molar-refractivity contribution in [3.63, 3.8) is 0 Å². The van der Waals surface area contributed by atoms with E-state index in [0.717, 1.165) is 5.56 Å². The molecule has 0 amide bonds. The van der Waals surface area contributed by atoms with Crippen LogP contribution in [0.1, 0.15) is 0 Å². The van der Waals surface area contributed by atoms with E-state index in [9.17, 15) is 4.79 Å². The second-order valence-electron chi connectivity index (χ2n) is 3.23. The summed E-state index contributed by atoms with van der Waals surface area (Å²) >= 11 is 5.85. The topological polar surface area (TPSA) is 69.9 Å². The van der Waals surface area contributed by atoms with Crippen LogP contribution in [0.2, 0.25) is 5.02 Å². The summed E-state index contributed by atoms with van der Waals surface area (Å²) in [5, 5.41) is 12.2. The van der Waals surface area contributed by atoms with Gasteiger partial charge < -0.3 is 4.74 Å². The van der Waals surface area contributed by atoms with Crippen LogP contribution in [0.5, 0.6) is 0 Å². The third-order valence-corrected chi connectivity index (χ3v) is 2.27. The number of nitrogens with zero attached hydrogens (tertiary/aromatic N) is 4. The van der Waals surface area contributed by atoms with Crippen molar-refractivity contribution in [3.05, 3.63) is 29.3 Å². The molecule has 1 aromatic heterocycles. The molecule has 1 heterocycles. The van der Waals surface area contributed by atoms with Crippen molar-refractivity contribution in [1.29, 1.82) is 0 Å². The minimum Gasteiger partial charge on any atom is -0.468 e. The Morgan fingerprint density at radius 1 is 1.53 bits per heavy atom. The Labute approximate surface area is 102 Å². The monoisotopic (exact) mass is 252 g/mol. The maximum atomic E-state index is 11.0. The van der Waals surface area contributed by atoms with E-state index in [-0.39, 0.29) is 6.54 Å². The fourth-order valence-electron chi connectivity index (χ4n) is 1.23. The first kappa shape index (κ1) is 11.5. The van der Waals surface area contributed by atoms with Gasteiger partial charge in [0.25, 0.3) is 0 Å². The van der Waals surface area contributed by atoms with Gasteiger partial charge in [-0.25, -0.2) is 4.79 Å². The van der Waals surface area contributed by atoms with Gasteiger partial charge in [0.1, 0.15) is 0 Å². The number of benzene rings is 1. The van der Waals surface area contributed by atoms with Gasteiger partial charge in [-0.1, -0.05) is 23.7 Å². The number of carbonyl (C=O) groups is 1. The average molecular weight is 253 g/mol. The Bertz CT molecular complexity index is 541. The number of rotatable bonds is 3. The highest BCUT2D eigenvalue weighted by Crippen LogP contribution is 2.18. The lowest BCUT2D eigenvalue weighted by molar-refractivity contribution is -0.141. The summed E-state index contributed by atoms with van der Waals surface area (Å²) in [6.45, 7) is -0.0654. The van der Waals surface area contributed by atoms with Gasteiger partial charge >= 0.3 is 5.97 Å². The van der Waals surface area contributed by atoms with E-state index in [0.29, 0.717) is 10.8 Å². The quantitative estimate of drug-likeness (QED) is 0.767. The Morgan fingerprint density at radius 2 is 2.35 bits per heavy atom. The lowest BCUT2D eigenvalue weighted by Gasteiger charge is -1.96. The zero-order valence-electron chi connectivity index (χ0n) is 9.00. The highest BCUT2D eigenvalue weighted by molar-refractivity contribution is 6.30. The molecule has 0 N–H and O–H groups in total. The van der Waals surface area contributed by atoms with Crippen LogP contribution in [-0.2, 0) is 16.1 Å². The standard InChI is InChI=1S/C10H9ClN4O2/c1-17-9(16)6-15-13-10(12-14-15)7-3-2-4-8(11)5-7/h2-5H,6H2,1H3. The molecule has 17 heavy (non-hydrogen) atoms. The molecule has 0 fully saturated rings. The molecule has 6 nitrogen and oxygen atoms in total. The molecule has 0 aliphatic rings. The fraction of sp³-hybridized carbons (Fsp3) is 0.200. The van der Waals surface area contributed by atoms with E-state index in [2.05, 4.69) is 20.1 Å². The van der Waals surface area contributed by atoms with E-state index in [4.69, 9.17) is 11.6 Å². The van der Waals surface area contributed by atoms with E-state index < -0.39 is 5.97 Å². The fourth-order valence-corrected chi connectivity index (χ4v) is 1.42. The number of halogens is 1.